The van der Waals surface area contributed by atoms with Gasteiger partial charge in [-0.3, -0.25) is 9.28 Å². The smallest absolute Gasteiger partial charge is 0.320 e. The molecule has 1 aromatic heterocycles. The molecule has 0 spiro atoms. The van der Waals surface area contributed by atoms with E-state index in [9.17, 15) is 4.79 Å². The van der Waals surface area contributed by atoms with E-state index in [1.165, 1.54) is 15.4 Å². The van der Waals surface area contributed by atoms with Crippen LogP contribution in [-0.4, -0.2) is 61.1 Å². The molecule has 1 saturated heterocycles. The summed E-state index contributed by atoms with van der Waals surface area (Å²) in [4.78, 5) is 21.9. The van der Waals surface area contributed by atoms with Gasteiger partial charge in [-0.25, -0.2) is 4.99 Å². The van der Waals surface area contributed by atoms with Crippen molar-refractivity contribution < 1.29 is 14.0 Å². The SMILES string of the molecule is Cc1cc2c(s1)NC1=CC(C)CC=C1N=C2N1CC[N+](C)(COC(=O)C(C)(C)c2ccccc2)CC1. The number of ether oxygens (including phenoxy) is 1. The van der Waals surface area contributed by atoms with E-state index in [1.54, 1.807) is 11.3 Å². The second-order valence-electron chi connectivity index (χ2n) is 11.1. The first-order chi connectivity index (χ1) is 17.1. The zero-order valence-corrected chi connectivity index (χ0v) is 22.8. The Morgan fingerprint density at radius 2 is 1.97 bits per heavy atom. The number of rotatable bonds is 4. The molecule has 5 rings (SSSR count). The van der Waals surface area contributed by atoms with Crippen LogP contribution in [0, 0.1) is 12.8 Å². The van der Waals surface area contributed by atoms with Gasteiger partial charge in [0, 0.05) is 4.88 Å². The van der Waals surface area contributed by atoms with Gasteiger partial charge in [0.25, 0.3) is 0 Å². The van der Waals surface area contributed by atoms with Crippen LogP contribution in [0.4, 0.5) is 5.00 Å². The number of hydrogen-bond donors (Lipinski definition) is 1. The highest BCUT2D eigenvalue weighted by Crippen LogP contribution is 2.37. The van der Waals surface area contributed by atoms with Crippen molar-refractivity contribution in [3.63, 3.8) is 0 Å². The molecule has 0 radical (unpaired) electrons. The molecule has 6 nitrogen and oxygen atoms in total. The summed E-state index contributed by atoms with van der Waals surface area (Å²) in [5.74, 6) is 1.39. The molecule has 3 heterocycles. The normalized spacial score (nSPS) is 21.2. The number of anilines is 1. The van der Waals surface area contributed by atoms with Gasteiger partial charge in [-0.05, 0) is 44.7 Å². The van der Waals surface area contributed by atoms with Crippen LogP contribution in [0.3, 0.4) is 0 Å². The van der Waals surface area contributed by atoms with Crippen LogP contribution in [-0.2, 0) is 14.9 Å². The number of aryl methyl sites for hydroxylation is 1. The van der Waals surface area contributed by atoms with Crippen molar-refractivity contribution >= 4 is 28.1 Å². The van der Waals surface area contributed by atoms with Gasteiger partial charge < -0.3 is 15.0 Å². The van der Waals surface area contributed by atoms with Gasteiger partial charge >= 0.3 is 5.97 Å². The lowest BCUT2D eigenvalue weighted by molar-refractivity contribution is -0.929. The Balaban J connectivity index is 1.28. The third-order valence-corrected chi connectivity index (χ3v) is 8.58. The summed E-state index contributed by atoms with van der Waals surface area (Å²) in [5, 5.41) is 4.84. The van der Waals surface area contributed by atoms with E-state index in [2.05, 4.69) is 49.3 Å². The summed E-state index contributed by atoms with van der Waals surface area (Å²) in [5.41, 5.74) is 3.66. The van der Waals surface area contributed by atoms with Crippen LogP contribution < -0.4 is 5.32 Å². The molecule has 1 fully saturated rings. The quantitative estimate of drug-likeness (QED) is 0.454. The topological polar surface area (TPSA) is 53.9 Å². The molecule has 1 aromatic carbocycles. The summed E-state index contributed by atoms with van der Waals surface area (Å²) in [6, 6.07) is 12.1. The zero-order valence-electron chi connectivity index (χ0n) is 22.0. The lowest BCUT2D eigenvalue weighted by atomic mass is 9.85. The Morgan fingerprint density at radius 1 is 1.25 bits per heavy atom. The van der Waals surface area contributed by atoms with Crippen LogP contribution in [0.2, 0.25) is 0 Å². The first-order valence-corrected chi connectivity index (χ1v) is 13.7. The summed E-state index contributed by atoms with van der Waals surface area (Å²) in [6.45, 7) is 12.2. The van der Waals surface area contributed by atoms with E-state index in [4.69, 9.17) is 9.73 Å². The first kappa shape index (κ1) is 24.8. The standard InChI is InChI=1S/C29H37N4O2S/c1-20-11-12-24-25(17-20)31-27-23(18-21(2)36-27)26(30-24)32-13-15-33(5,16-14-32)19-35-28(34)29(3,4)22-9-7-6-8-10-22/h6-10,12,17-18,20,31H,11,13-16,19H2,1-5H3/q+1. The van der Waals surface area contributed by atoms with Gasteiger partial charge in [-0.15, -0.1) is 11.3 Å². The number of likely N-dealkylation sites (N-methyl/N-ethyl adjacent to an activating group) is 1. The average molecular weight is 506 g/mol. The first-order valence-electron chi connectivity index (χ1n) is 12.8. The molecule has 7 heteroatoms. The van der Waals surface area contributed by atoms with Gasteiger partial charge in [-0.2, -0.15) is 0 Å². The molecule has 1 atom stereocenters. The van der Waals surface area contributed by atoms with Crippen LogP contribution in [0.25, 0.3) is 0 Å². The molecule has 0 amide bonds. The molecule has 190 valence electrons. The number of aliphatic imine (C=N–C) groups is 1. The molecule has 3 aliphatic rings. The fraction of sp³-hybridized carbons (Fsp3) is 0.448. The van der Waals surface area contributed by atoms with Crippen molar-refractivity contribution in [2.24, 2.45) is 10.9 Å². The maximum Gasteiger partial charge on any atom is 0.320 e. The number of carbonyl (C=O) groups is 1. The number of benzene rings is 1. The fourth-order valence-electron chi connectivity index (χ4n) is 5.02. The van der Waals surface area contributed by atoms with Gasteiger partial charge in [0.2, 0.25) is 6.73 Å². The molecule has 1 aliphatic carbocycles. The van der Waals surface area contributed by atoms with E-state index in [-0.39, 0.29) is 5.97 Å². The third kappa shape index (κ3) is 4.87. The Labute approximate surface area is 218 Å². The average Bonchev–Trinajstić information content (AvgIpc) is 3.16. The zero-order chi connectivity index (χ0) is 25.5. The monoisotopic (exact) mass is 505 g/mol. The predicted octanol–water partition coefficient (Wildman–Crippen LogP) is 5.28. The Kier molecular flexibility index (Phi) is 6.55. The van der Waals surface area contributed by atoms with Crippen molar-refractivity contribution in [2.75, 3.05) is 45.3 Å². The third-order valence-electron chi connectivity index (χ3n) is 7.61. The summed E-state index contributed by atoms with van der Waals surface area (Å²) < 4.78 is 6.61. The molecule has 1 unspecified atom stereocenters. The maximum atomic E-state index is 13.0. The predicted molar refractivity (Wildman–Crippen MR) is 147 cm³/mol. The van der Waals surface area contributed by atoms with Crippen LogP contribution in [0.5, 0.6) is 0 Å². The number of quaternary nitrogens is 1. The minimum absolute atomic E-state index is 0.175. The van der Waals surface area contributed by atoms with E-state index >= 15 is 0 Å². The number of piperazine rings is 1. The van der Waals surface area contributed by atoms with Gasteiger partial charge in [0.05, 0.1) is 55.6 Å². The number of carbonyl (C=O) groups excluding carboxylic acids is 1. The lowest BCUT2D eigenvalue weighted by Crippen LogP contribution is -2.59. The van der Waals surface area contributed by atoms with E-state index < -0.39 is 5.41 Å². The Hall–Kier alpha value is -2.90. The molecular weight excluding hydrogens is 468 g/mol. The Bertz CT molecular complexity index is 1230. The summed E-state index contributed by atoms with van der Waals surface area (Å²) in [6.07, 6.45) is 5.58. The molecule has 0 bridgehead atoms. The van der Waals surface area contributed by atoms with Crippen molar-refractivity contribution in [3.05, 3.63) is 75.9 Å². The minimum Gasteiger partial charge on any atom is -0.414 e. The van der Waals surface area contributed by atoms with E-state index in [1.807, 2.05) is 44.2 Å². The minimum atomic E-state index is -0.673. The van der Waals surface area contributed by atoms with Gasteiger partial charge in [0.15, 0.2) is 0 Å². The molecule has 2 aliphatic heterocycles. The number of allylic oxidation sites excluding steroid dienone is 2. The summed E-state index contributed by atoms with van der Waals surface area (Å²) >= 11 is 1.79. The highest BCUT2D eigenvalue weighted by Gasteiger charge is 2.37. The highest BCUT2D eigenvalue weighted by molar-refractivity contribution is 7.16. The van der Waals surface area contributed by atoms with Crippen LogP contribution in [0.1, 0.15) is 43.2 Å². The molecule has 36 heavy (non-hydrogen) atoms. The number of nitrogens with zero attached hydrogens (tertiary/aromatic N) is 3. The Morgan fingerprint density at radius 3 is 2.69 bits per heavy atom. The fourth-order valence-corrected chi connectivity index (χ4v) is 5.94. The van der Waals surface area contributed by atoms with Gasteiger partial charge in [-0.1, -0.05) is 49.4 Å². The van der Waals surface area contributed by atoms with Crippen molar-refractivity contribution in [3.8, 4) is 0 Å². The van der Waals surface area contributed by atoms with E-state index in [0.717, 1.165) is 55.4 Å². The largest absolute Gasteiger partial charge is 0.414 e. The van der Waals surface area contributed by atoms with Crippen LogP contribution in [0.15, 0.2) is 64.9 Å². The molecule has 0 saturated carbocycles. The number of fused-ring (bicyclic) bond motifs is 2. The second-order valence-corrected chi connectivity index (χ2v) is 12.4. The number of amidine groups is 1. The molecule has 1 N–H and O–H groups in total. The highest BCUT2D eigenvalue weighted by atomic mass is 32.1. The number of thiophene rings is 1. The number of hydrogen-bond acceptors (Lipinski definition) is 6. The van der Waals surface area contributed by atoms with Crippen LogP contribution >= 0.6 is 11.3 Å². The summed E-state index contributed by atoms with van der Waals surface area (Å²) in [7, 11) is 2.18. The maximum absolute atomic E-state index is 13.0. The molecular formula is C29H37N4O2S+. The lowest BCUT2D eigenvalue weighted by Gasteiger charge is -2.42. The van der Waals surface area contributed by atoms with Crippen molar-refractivity contribution in [2.45, 2.75) is 39.5 Å². The number of nitrogens with one attached hydrogen (secondary N) is 1. The molecule has 2 aromatic rings. The van der Waals surface area contributed by atoms with Crippen molar-refractivity contribution in [1.29, 1.82) is 0 Å². The second kappa shape index (κ2) is 9.52. The van der Waals surface area contributed by atoms with Gasteiger partial charge in [0.1, 0.15) is 10.8 Å². The van der Waals surface area contributed by atoms with Crippen molar-refractivity contribution in [1.82, 2.24) is 4.90 Å². The number of esters is 1. The van der Waals surface area contributed by atoms with E-state index in [0.29, 0.717) is 17.1 Å².